The Morgan fingerprint density at radius 3 is 1.93 bits per heavy atom. The molecule has 0 bridgehead atoms. The molecule has 46 heavy (non-hydrogen) atoms. The van der Waals surface area contributed by atoms with E-state index in [0.29, 0.717) is 0 Å². The third-order valence-electron chi connectivity index (χ3n) is 9.55. The van der Waals surface area contributed by atoms with Gasteiger partial charge in [0.25, 0.3) is 0 Å². The van der Waals surface area contributed by atoms with Crippen molar-refractivity contribution in [3.63, 3.8) is 0 Å². The lowest BCUT2D eigenvalue weighted by Gasteiger charge is -2.36. The van der Waals surface area contributed by atoms with E-state index in [0.717, 1.165) is 33.9 Å². The van der Waals surface area contributed by atoms with E-state index in [1.54, 1.807) is 0 Å². The first-order valence-corrected chi connectivity index (χ1v) is 15.9. The van der Waals surface area contributed by atoms with Crippen molar-refractivity contribution in [2.45, 2.75) is 13.8 Å². The first-order chi connectivity index (χ1) is 22.7. The molecule has 0 N–H and O–H groups in total. The van der Waals surface area contributed by atoms with Crippen LogP contribution in [0, 0.1) is 13.8 Å². The standard InChI is InChI=1S/C44H31NO/c1-28-13-3-5-15-33(28)42-29(2)43-44(38-20-10-9-19-37(38)42)46-41-22-12-11-21-40(41)45(43)32-25-23-30(24-26-32)39-27-31-14-4-6-16-34(31)35-17-7-8-18-36(35)39/h3-27H,1-2H3. The molecular weight excluding hydrogens is 558 g/mol. The van der Waals surface area contributed by atoms with Gasteiger partial charge in [0.1, 0.15) is 0 Å². The quantitative estimate of drug-likeness (QED) is 0.190. The van der Waals surface area contributed by atoms with Gasteiger partial charge in [0.15, 0.2) is 11.5 Å². The summed E-state index contributed by atoms with van der Waals surface area (Å²) in [6.07, 6.45) is 0. The summed E-state index contributed by atoms with van der Waals surface area (Å²) in [5.74, 6) is 1.75. The Hall–Kier alpha value is -5.86. The van der Waals surface area contributed by atoms with Crippen LogP contribution in [0.2, 0.25) is 0 Å². The lowest BCUT2D eigenvalue weighted by molar-refractivity contribution is 0.482. The van der Waals surface area contributed by atoms with Crippen molar-refractivity contribution in [2.24, 2.45) is 0 Å². The third-order valence-corrected chi connectivity index (χ3v) is 9.55. The van der Waals surface area contributed by atoms with Crippen molar-refractivity contribution in [3.8, 4) is 33.8 Å². The molecule has 2 heteroatoms. The summed E-state index contributed by atoms with van der Waals surface area (Å²) in [6, 6.07) is 54.5. The number of ether oxygens (including phenoxy) is 1. The average Bonchev–Trinajstić information content (AvgIpc) is 3.11. The Kier molecular flexibility index (Phi) is 5.97. The lowest BCUT2D eigenvalue weighted by atomic mass is 9.88. The van der Waals surface area contributed by atoms with E-state index in [1.165, 1.54) is 60.3 Å². The van der Waals surface area contributed by atoms with Crippen LogP contribution in [0.4, 0.5) is 17.1 Å². The van der Waals surface area contributed by atoms with Crippen LogP contribution in [-0.2, 0) is 0 Å². The summed E-state index contributed by atoms with van der Waals surface area (Å²) in [4.78, 5) is 2.39. The van der Waals surface area contributed by atoms with E-state index >= 15 is 0 Å². The van der Waals surface area contributed by atoms with Gasteiger partial charge >= 0.3 is 0 Å². The fraction of sp³-hybridized carbons (Fsp3) is 0.0455. The number of fused-ring (bicyclic) bond motifs is 7. The molecular formula is C44H31NO. The van der Waals surface area contributed by atoms with Crippen LogP contribution in [-0.4, -0.2) is 0 Å². The van der Waals surface area contributed by atoms with Gasteiger partial charge in [-0.2, -0.15) is 0 Å². The maximum atomic E-state index is 6.78. The highest BCUT2D eigenvalue weighted by molar-refractivity contribution is 6.14. The van der Waals surface area contributed by atoms with Crippen LogP contribution < -0.4 is 9.64 Å². The van der Waals surface area contributed by atoms with Crippen LogP contribution in [0.5, 0.6) is 11.5 Å². The molecule has 9 rings (SSSR count). The Morgan fingerprint density at radius 1 is 0.500 bits per heavy atom. The summed E-state index contributed by atoms with van der Waals surface area (Å²) in [7, 11) is 0. The van der Waals surface area contributed by atoms with Crippen LogP contribution in [0.1, 0.15) is 11.1 Å². The average molecular weight is 590 g/mol. The second-order valence-electron chi connectivity index (χ2n) is 12.2. The zero-order valence-corrected chi connectivity index (χ0v) is 25.8. The van der Waals surface area contributed by atoms with Gasteiger partial charge in [0.05, 0.1) is 11.4 Å². The van der Waals surface area contributed by atoms with E-state index in [2.05, 4.69) is 164 Å². The highest BCUT2D eigenvalue weighted by Gasteiger charge is 2.31. The number of aryl methyl sites for hydroxylation is 1. The van der Waals surface area contributed by atoms with Gasteiger partial charge in [0, 0.05) is 11.1 Å². The summed E-state index contributed by atoms with van der Waals surface area (Å²) < 4.78 is 6.78. The number of hydrogen-bond donors (Lipinski definition) is 0. The van der Waals surface area contributed by atoms with Gasteiger partial charge < -0.3 is 9.64 Å². The summed E-state index contributed by atoms with van der Waals surface area (Å²) in [6.45, 7) is 4.44. The zero-order chi connectivity index (χ0) is 30.8. The first kappa shape index (κ1) is 26.5. The molecule has 2 nitrogen and oxygen atoms in total. The van der Waals surface area contributed by atoms with Crippen LogP contribution in [0.15, 0.2) is 152 Å². The molecule has 0 saturated carbocycles. The topological polar surface area (TPSA) is 12.5 Å². The van der Waals surface area contributed by atoms with Gasteiger partial charge in [-0.1, -0.05) is 121 Å². The SMILES string of the molecule is Cc1ccccc1-c1c(C)c2c(c3ccccc13)Oc1ccccc1N2c1ccc(-c2cc3ccccc3c3ccccc23)cc1. The second kappa shape index (κ2) is 10.4. The van der Waals surface area contributed by atoms with Crippen LogP contribution in [0.3, 0.4) is 0 Å². The van der Waals surface area contributed by atoms with Gasteiger partial charge in [-0.05, 0) is 104 Å². The molecule has 0 radical (unpaired) electrons. The van der Waals surface area contributed by atoms with E-state index in [9.17, 15) is 0 Å². The number of benzene rings is 8. The fourth-order valence-electron chi connectivity index (χ4n) is 7.40. The maximum Gasteiger partial charge on any atom is 0.159 e. The largest absolute Gasteiger partial charge is 0.452 e. The molecule has 0 saturated heterocycles. The van der Waals surface area contributed by atoms with Crippen molar-refractivity contribution in [1.29, 1.82) is 0 Å². The Balaban J connectivity index is 1.27. The highest BCUT2D eigenvalue weighted by atomic mass is 16.5. The fourth-order valence-corrected chi connectivity index (χ4v) is 7.40. The number of rotatable bonds is 3. The molecule has 0 aliphatic carbocycles. The number of anilines is 3. The lowest BCUT2D eigenvalue weighted by Crippen LogP contribution is -2.18. The van der Waals surface area contributed by atoms with Crippen molar-refractivity contribution in [1.82, 2.24) is 0 Å². The minimum Gasteiger partial charge on any atom is -0.452 e. The van der Waals surface area contributed by atoms with Crippen molar-refractivity contribution >= 4 is 49.4 Å². The van der Waals surface area contributed by atoms with Gasteiger partial charge in [-0.15, -0.1) is 0 Å². The summed E-state index contributed by atoms with van der Waals surface area (Å²) in [5, 5.41) is 7.39. The molecule has 0 fully saturated rings. The van der Waals surface area contributed by atoms with Crippen molar-refractivity contribution in [2.75, 3.05) is 4.90 Å². The molecule has 1 heterocycles. The molecule has 0 amide bonds. The number of hydrogen-bond acceptors (Lipinski definition) is 2. The molecule has 0 unspecified atom stereocenters. The minimum atomic E-state index is 0.854. The maximum absolute atomic E-state index is 6.78. The molecule has 218 valence electrons. The normalized spacial score (nSPS) is 12.3. The summed E-state index contributed by atoms with van der Waals surface area (Å²) >= 11 is 0. The molecule has 0 aromatic heterocycles. The van der Waals surface area contributed by atoms with E-state index in [1.807, 2.05) is 6.07 Å². The zero-order valence-electron chi connectivity index (χ0n) is 25.8. The predicted octanol–water partition coefficient (Wildman–Crippen LogP) is 12.7. The Bertz CT molecular complexity index is 2470. The van der Waals surface area contributed by atoms with Crippen molar-refractivity contribution in [3.05, 3.63) is 163 Å². The van der Waals surface area contributed by atoms with Crippen LogP contribution in [0.25, 0.3) is 54.6 Å². The minimum absolute atomic E-state index is 0.854. The smallest absolute Gasteiger partial charge is 0.159 e. The highest BCUT2D eigenvalue weighted by Crippen LogP contribution is 2.57. The van der Waals surface area contributed by atoms with Crippen LogP contribution >= 0.6 is 0 Å². The molecule has 8 aromatic rings. The summed E-state index contributed by atoms with van der Waals surface area (Å²) in [5.41, 5.74) is 10.6. The number of nitrogens with zero attached hydrogens (tertiary/aromatic N) is 1. The Labute approximate surface area is 268 Å². The van der Waals surface area contributed by atoms with Gasteiger partial charge in [-0.3, -0.25) is 0 Å². The molecule has 0 atom stereocenters. The first-order valence-electron chi connectivity index (χ1n) is 15.9. The molecule has 0 spiro atoms. The monoisotopic (exact) mass is 589 g/mol. The van der Waals surface area contributed by atoms with E-state index < -0.39 is 0 Å². The second-order valence-corrected chi connectivity index (χ2v) is 12.2. The number of para-hydroxylation sites is 2. The van der Waals surface area contributed by atoms with E-state index in [4.69, 9.17) is 4.74 Å². The molecule has 1 aliphatic rings. The van der Waals surface area contributed by atoms with Crippen molar-refractivity contribution < 1.29 is 4.74 Å². The van der Waals surface area contributed by atoms with Gasteiger partial charge in [0.2, 0.25) is 0 Å². The van der Waals surface area contributed by atoms with Gasteiger partial charge in [-0.25, -0.2) is 0 Å². The predicted molar refractivity (Wildman–Crippen MR) is 194 cm³/mol. The molecule has 8 aromatic carbocycles. The third kappa shape index (κ3) is 3.97. The van der Waals surface area contributed by atoms with E-state index in [-0.39, 0.29) is 0 Å². The Morgan fingerprint density at radius 2 is 1.13 bits per heavy atom. The molecule has 1 aliphatic heterocycles.